The van der Waals surface area contributed by atoms with Crippen molar-refractivity contribution in [1.82, 2.24) is 0 Å². The van der Waals surface area contributed by atoms with Crippen LogP contribution in [0.25, 0.3) is 0 Å². The molecule has 0 aliphatic heterocycles. The highest BCUT2D eigenvalue weighted by molar-refractivity contribution is 5.69. The van der Waals surface area contributed by atoms with Crippen molar-refractivity contribution >= 4 is 5.97 Å². The Labute approximate surface area is 220 Å². The molecular formula is C32H64O3. The number of ether oxygens (including phenoxy) is 1. The van der Waals surface area contributed by atoms with E-state index in [1.807, 2.05) is 0 Å². The number of esters is 1. The Kier molecular flexibility index (Phi) is 30.9. The summed E-state index contributed by atoms with van der Waals surface area (Å²) in [4.78, 5) is 11.8. The molecule has 0 radical (unpaired) electrons. The second kappa shape index (κ2) is 31.5. The van der Waals surface area contributed by atoms with Gasteiger partial charge in [-0.1, -0.05) is 161 Å². The van der Waals surface area contributed by atoms with Crippen molar-refractivity contribution < 1.29 is 14.6 Å². The van der Waals surface area contributed by atoms with Gasteiger partial charge in [0.15, 0.2) is 0 Å². The van der Waals surface area contributed by atoms with Crippen molar-refractivity contribution in [2.75, 3.05) is 13.2 Å². The third-order valence-electron chi connectivity index (χ3n) is 7.30. The lowest BCUT2D eigenvalue weighted by atomic mass is 10.0. The van der Waals surface area contributed by atoms with Crippen molar-refractivity contribution in [3.05, 3.63) is 0 Å². The molecule has 0 atom stereocenters. The van der Waals surface area contributed by atoms with E-state index in [2.05, 4.69) is 6.92 Å². The number of aliphatic hydroxyl groups excluding tert-OH is 1. The molecule has 0 aliphatic carbocycles. The topological polar surface area (TPSA) is 46.5 Å². The largest absolute Gasteiger partial charge is 0.466 e. The predicted molar refractivity (Wildman–Crippen MR) is 153 cm³/mol. The Morgan fingerprint density at radius 2 is 0.771 bits per heavy atom. The van der Waals surface area contributed by atoms with Crippen LogP contribution in [0.1, 0.15) is 187 Å². The minimum absolute atomic E-state index is 0.000905. The summed E-state index contributed by atoms with van der Waals surface area (Å²) in [5, 5.41) is 8.75. The van der Waals surface area contributed by atoms with Gasteiger partial charge in [0.2, 0.25) is 0 Å². The molecular weight excluding hydrogens is 432 g/mol. The summed E-state index contributed by atoms with van der Waals surface area (Å²) in [5.41, 5.74) is 0. The Hall–Kier alpha value is -0.570. The lowest BCUT2D eigenvalue weighted by molar-refractivity contribution is -0.143. The molecule has 0 saturated heterocycles. The van der Waals surface area contributed by atoms with Crippen LogP contribution < -0.4 is 0 Å². The van der Waals surface area contributed by atoms with Crippen LogP contribution in [-0.2, 0) is 9.53 Å². The maximum atomic E-state index is 11.8. The Balaban J connectivity index is 3.12. The molecule has 0 aromatic rings. The summed E-state index contributed by atoms with van der Waals surface area (Å²) in [7, 11) is 0. The van der Waals surface area contributed by atoms with Gasteiger partial charge < -0.3 is 9.84 Å². The molecule has 0 rings (SSSR count). The van der Waals surface area contributed by atoms with E-state index in [1.165, 1.54) is 141 Å². The van der Waals surface area contributed by atoms with Gasteiger partial charge in [0, 0.05) is 13.0 Å². The highest BCUT2D eigenvalue weighted by atomic mass is 16.5. The van der Waals surface area contributed by atoms with Crippen LogP contribution in [0.3, 0.4) is 0 Å². The maximum Gasteiger partial charge on any atom is 0.305 e. The van der Waals surface area contributed by atoms with E-state index in [4.69, 9.17) is 9.84 Å². The van der Waals surface area contributed by atoms with Crippen molar-refractivity contribution in [2.24, 2.45) is 0 Å². The number of rotatable bonds is 30. The minimum Gasteiger partial charge on any atom is -0.466 e. The molecule has 0 aromatic heterocycles. The van der Waals surface area contributed by atoms with Crippen molar-refractivity contribution in [3.63, 3.8) is 0 Å². The molecule has 210 valence electrons. The molecule has 0 spiro atoms. The van der Waals surface area contributed by atoms with Crippen LogP contribution in [0.15, 0.2) is 0 Å². The first-order chi connectivity index (χ1) is 17.3. The average molecular weight is 497 g/mol. The van der Waals surface area contributed by atoms with Gasteiger partial charge in [0.1, 0.15) is 0 Å². The van der Waals surface area contributed by atoms with E-state index in [0.717, 1.165) is 32.1 Å². The highest BCUT2D eigenvalue weighted by Gasteiger charge is 2.02. The average Bonchev–Trinajstić information content (AvgIpc) is 2.86. The summed E-state index contributed by atoms with van der Waals surface area (Å²) >= 11 is 0. The molecule has 3 heteroatoms. The second-order valence-electron chi connectivity index (χ2n) is 10.9. The summed E-state index contributed by atoms with van der Waals surface area (Å²) in [5.74, 6) is 0.000905. The number of hydrogen-bond donors (Lipinski definition) is 1. The molecule has 0 heterocycles. The predicted octanol–water partition coefficient (Wildman–Crippen LogP) is 10.5. The Bertz CT molecular complexity index is 396. The third kappa shape index (κ3) is 31.4. The SMILES string of the molecule is CCCCCCCCCCCCCCCCCCCCCC(=O)OCCCCCCCCCCO. The molecule has 35 heavy (non-hydrogen) atoms. The molecule has 0 aromatic carbocycles. The fourth-order valence-corrected chi connectivity index (χ4v) is 4.88. The molecule has 0 amide bonds. The first kappa shape index (κ1) is 34.4. The molecule has 1 N–H and O–H groups in total. The summed E-state index contributed by atoms with van der Waals surface area (Å²) < 4.78 is 5.37. The number of unbranched alkanes of at least 4 members (excludes halogenated alkanes) is 25. The van der Waals surface area contributed by atoms with Gasteiger partial charge in [0.05, 0.1) is 6.61 Å². The Morgan fingerprint density at radius 3 is 1.14 bits per heavy atom. The van der Waals surface area contributed by atoms with E-state index >= 15 is 0 Å². The van der Waals surface area contributed by atoms with Gasteiger partial charge in [-0.25, -0.2) is 0 Å². The number of aliphatic hydroxyl groups is 1. The first-order valence-electron chi connectivity index (χ1n) is 16.1. The third-order valence-corrected chi connectivity index (χ3v) is 7.30. The maximum absolute atomic E-state index is 11.8. The molecule has 0 saturated carbocycles. The van der Waals surface area contributed by atoms with E-state index in [0.29, 0.717) is 19.6 Å². The van der Waals surface area contributed by atoms with Gasteiger partial charge in [-0.05, 0) is 19.3 Å². The standard InChI is InChI=1S/C32H64O3/c1-2-3-4-5-6-7-8-9-10-11-12-13-14-15-16-17-20-23-26-29-32(34)35-31-28-25-22-19-18-21-24-27-30-33/h33H,2-31H2,1H3. The van der Waals surface area contributed by atoms with Gasteiger partial charge >= 0.3 is 5.97 Å². The molecule has 0 aliphatic rings. The number of carbonyl (C=O) groups excluding carboxylic acids is 1. The Morgan fingerprint density at radius 1 is 0.457 bits per heavy atom. The zero-order chi connectivity index (χ0) is 25.5. The fraction of sp³-hybridized carbons (Fsp3) is 0.969. The molecule has 0 bridgehead atoms. The van der Waals surface area contributed by atoms with Gasteiger partial charge in [-0.15, -0.1) is 0 Å². The lowest BCUT2D eigenvalue weighted by Gasteiger charge is -2.06. The monoisotopic (exact) mass is 496 g/mol. The van der Waals surface area contributed by atoms with E-state index < -0.39 is 0 Å². The molecule has 0 fully saturated rings. The normalized spacial score (nSPS) is 11.3. The zero-order valence-corrected chi connectivity index (χ0v) is 24.0. The van der Waals surface area contributed by atoms with Crippen LogP contribution in [-0.4, -0.2) is 24.3 Å². The van der Waals surface area contributed by atoms with Crippen molar-refractivity contribution in [1.29, 1.82) is 0 Å². The summed E-state index contributed by atoms with van der Waals surface area (Å²) in [6.45, 7) is 3.21. The lowest BCUT2D eigenvalue weighted by Crippen LogP contribution is -2.05. The minimum atomic E-state index is 0.000905. The highest BCUT2D eigenvalue weighted by Crippen LogP contribution is 2.15. The van der Waals surface area contributed by atoms with E-state index in [9.17, 15) is 4.79 Å². The van der Waals surface area contributed by atoms with Crippen LogP contribution in [0.4, 0.5) is 0 Å². The summed E-state index contributed by atoms with van der Waals surface area (Å²) in [6.07, 6.45) is 36.0. The van der Waals surface area contributed by atoms with Crippen LogP contribution >= 0.6 is 0 Å². The van der Waals surface area contributed by atoms with E-state index in [-0.39, 0.29) is 5.97 Å². The number of carbonyl (C=O) groups is 1. The first-order valence-corrected chi connectivity index (χ1v) is 16.1. The molecule has 0 unspecified atom stereocenters. The van der Waals surface area contributed by atoms with Gasteiger partial charge in [0.25, 0.3) is 0 Å². The van der Waals surface area contributed by atoms with Crippen LogP contribution in [0.5, 0.6) is 0 Å². The quantitative estimate of drug-likeness (QED) is 0.0794. The van der Waals surface area contributed by atoms with Crippen LogP contribution in [0, 0.1) is 0 Å². The zero-order valence-electron chi connectivity index (χ0n) is 24.0. The van der Waals surface area contributed by atoms with Gasteiger partial charge in [-0.3, -0.25) is 4.79 Å². The summed E-state index contributed by atoms with van der Waals surface area (Å²) in [6, 6.07) is 0. The van der Waals surface area contributed by atoms with Crippen molar-refractivity contribution in [3.8, 4) is 0 Å². The smallest absolute Gasteiger partial charge is 0.305 e. The van der Waals surface area contributed by atoms with Gasteiger partial charge in [-0.2, -0.15) is 0 Å². The van der Waals surface area contributed by atoms with E-state index in [1.54, 1.807) is 0 Å². The number of hydrogen-bond acceptors (Lipinski definition) is 3. The van der Waals surface area contributed by atoms with Crippen molar-refractivity contribution in [2.45, 2.75) is 187 Å². The molecule has 3 nitrogen and oxygen atoms in total. The fourth-order valence-electron chi connectivity index (χ4n) is 4.88. The van der Waals surface area contributed by atoms with Crippen LogP contribution in [0.2, 0.25) is 0 Å². The second-order valence-corrected chi connectivity index (χ2v) is 10.9.